The maximum Gasteiger partial charge on any atom is 0.165 e. The molecule has 0 saturated heterocycles. The van der Waals surface area contributed by atoms with Crippen molar-refractivity contribution < 1.29 is 9.47 Å². The normalized spacial score (nSPS) is 10.5. The van der Waals surface area contributed by atoms with E-state index < -0.39 is 0 Å². The maximum atomic E-state index is 5.45. The molecule has 0 aliphatic carbocycles. The van der Waals surface area contributed by atoms with Crippen LogP contribution in [-0.4, -0.2) is 24.2 Å². The Bertz CT molecular complexity index is 784. The third-order valence-electron chi connectivity index (χ3n) is 3.47. The van der Waals surface area contributed by atoms with Crippen molar-refractivity contribution in [3.63, 3.8) is 0 Å². The minimum absolute atomic E-state index is 0.585. The molecule has 2 aromatic carbocycles. The molecule has 0 radical (unpaired) electrons. The van der Waals surface area contributed by atoms with Crippen molar-refractivity contribution in [3.05, 3.63) is 54.4 Å². The third-order valence-corrected chi connectivity index (χ3v) is 3.47. The molecule has 1 aromatic heterocycles. The molecule has 0 aliphatic heterocycles. The number of nitrogens with one attached hydrogen (secondary N) is 1. The lowest BCUT2D eigenvalue weighted by Crippen LogP contribution is -2.05. The van der Waals surface area contributed by atoms with E-state index >= 15 is 0 Å². The van der Waals surface area contributed by atoms with Gasteiger partial charge in [0.25, 0.3) is 0 Å². The fraction of sp³-hybridized carbons (Fsp3) is 0.176. The van der Waals surface area contributed by atoms with Crippen LogP contribution >= 0.6 is 0 Å². The van der Waals surface area contributed by atoms with Crippen LogP contribution in [0.5, 0.6) is 11.5 Å². The second-order valence-corrected chi connectivity index (χ2v) is 4.75. The number of anilines is 1. The maximum absolute atomic E-state index is 5.45. The van der Waals surface area contributed by atoms with Crippen LogP contribution in [0.2, 0.25) is 0 Å². The summed E-state index contributed by atoms with van der Waals surface area (Å²) in [6.45, 7) is 0.585. The highest BCUT2D eigenvalue weighted by atomic mass is 16.5. The molecule has 0 spiro atoms. The van der Waals surface area contributed by atoms with E-state index in [1.807, 2.05) is 42.5 Å². The molecule has 1 heterocycles. The number of methoxy groups -OCH3 is 2. The predicted molar refractivity (Wildman–Crippen MR) is 86.4 cm³/mol. The molecule has 0 saturated carbocycles. The van der Waals surface area contributed by atoms with Crippen molar-refractivity contribution in [1.82, 2.24) is 9.97 Å². The van der Waals surface area contributed by atoms with Crippen molar-refractivity contribution in [2.75, 3.05) is 19.5 Å². The lowest BCUT2D eigenvalue weighted by molar-refractivity contribution is 0.352. The van der Waals surface area contributed by atoms with Gasteiger partial charge >= 0.3 is 0 Å². The van der Waals surface area contributed by atoms with Gasteiger partial charge in [0, 0.05) is 17.5 Å². The molecule has 0 unspecified atom stereocenters. The van der Waals surface area contributed by atoms with Crippen molar-refractivity contribution in [2.45, 2.75) is 6.54 Å². The highest BCUT2D eigenvalue weighted by molar-refractivity contribution is 5.88. The summed E-state index contributed by atoms with van der Waals surface area (Å²) in [6, 6.07) is 13.7. The Morgan fingerprint density at radius 3 is 2.64 bits per heavy atom. The van der Waals surface area contributed by atoms with Gasteiger partial charge in [-0.1, -0.05) is 24.3 Å². The zero-order valence-electron chi connectivity index (χ0n) is 12.5. The van der Waals surface area contributed by atoms with Crippen molar-refractivity contribution in [2.24, 2.45) is 0 Å². The molecule has 1 N–H and O–H groups in total. The Hall–Kier alpha value is -2.82. The molecule has 0 amide bonds. The van der Waals surface area contributed by atoms with E-state index in [4.69, 9.17) is 9.47 Å². The Kier molecular flexibility index (Phi) is 4.05. The van der Waals surface area contributed by atoms with Crippen LogP contribution in [0.1, 0.15) is 5.56 Å². The fourth-order valence-electron chi connectivity index (χ4n) is 2.42. The van der Waals surface area contributed by atoms with E-state index in [0.717, 1.165) is 28.0 Å². The number of hydrogen-bond donors (Lipinski definition) is 1. The standard InChI is InChI=1S/C17H17N3O2/c1-21-15-9-5-6-12(16(15)22-2)10-18-17-13-7-3-4-8-14(13)19-11-20-17/h3-9,11H,10H2,1-2H3,(H,18,19,20). The van der Waals surface area contributed by atoms with Crippen LogP contribution < -0.4 is 14.8 Å². The van der Waals surface area contributed by atoms with Crippen LogP contribution in [0.3, 0.4) is 0 Å². The second-order valence-electron chi connectivity index (χ2n) is 4.75. The van der Waals surface area contributed by atoms with Crippen LogP contribution in [0.15, 0.2) is 48.8 Å². The van der Waals surface area contributed by atoms with Gasteiger partial charge in [-0.3, -0.25) is 0 Å². The molecule has 112 valence electrons. The predicted octanol–water partition coefficient (Wildman–Crippen LogP) is 3.26. The summed E-state index contributed by atoms with van der Waals surface area (Å²) >= 11 is 0. The molecule has 5 heteroatoms. The zero-order chi connectivity index (χ0) is 15.4. The fourth-order valence-corrected chi connectivity index (χ4v) is 2.42. The van der Waals surface area contributed by atoms with Crippen molar-refractivity contribution in [1.29, 1.82) is 0 Å². The summed E-state index contributed by atoms with van der Waals surface area (Å²) in [5.74, 6) is 2.25. The number of fused-ring (bicyclic) bond motifs is 1. The average molecular weight is 295 g/mol. The van der Waals surface area contributed by atoms with Crippen LogP contribution in [0, 0.1) is 0 Å². The van der Waals surface area contributed by atoms with E-state index in [-0.39, 0.29) is 0 Å². The Labute approximate surface area is 128 Å². The van der Waals surface area contributed by atoms with Gasteiger partial charge in [-0.2, -0.15) is 0 Å². The molecule has 5 nitrogen and oxygen atoms in total. The summed E-state index contributed by atoms with van der Waals surface area (Å²) < 4.78 is 10.8. The van der Waals surface area contributed by atoms with E-state index in [1.54, 1.807) is 20.5 Å². The van der Waals surface area contributed by atoms with Crippen LogP contribution in [-0.2, 0) is 6.54 Å². The van der Waals surface area contributed by atoms with Crippen LogP contribution in [0.4, 0.5) is 5.82 Å². The number of para-hydroxylation sites is 2. The number of nitrogens with zero attached hydrogens (tertiary/aromatic N) is 2. The largest absolute Gasteiger partial charge is 0.493 e. The molecule has 0 aliphatic rings. The van der Waals surface area contributed by atoms with Gasteiger partial charge in [0.1, 0.15) is 12.1 Å². The first kappa shape index (κ1) is 14.1. The Morgan fingerprint density at radius 2 is 1.82 bits per heavy atom. The summed E-state index contributed by atoms with van der Waals surface area (Å²) in [7, 11) is 3.27. The summed E-state index contributed by atoms with van der Waals surface area (Å²) in [6.07, 6.45) is 1.56. The smallest absolute Gasteiger partial charge is 0.165 e. The molecule has 0 bridgehead atoms. The lowest BCUT2D eigenvalue weighted by Gasteiger charge is -2.14. The zero-order valence-corrected chi connectivity index (χ0v) is 12.5. The SMILES string of the molecule is COc1cccc(CNc2ncnc3ccccc23)c1OC. The highest BCUT2D eigenvalue weighted by Crippen LogP contribution is 2.31. The Morgan fingerprint density at radius 1 is 0.955 bits per heavy atom. The molecule has 3 rings (SSSR count). The minimum Gasteiger partial charge on any atom is -0.493 e. The van der Waals surface area contributed by atoms with Gasteiger partial charge in [0.15, 0.2) is 11.5 Å². The average Bonchev–Trinajstić information content (AvgIpc) is 2.59. The van der Waals surface area contributed by atoms with Gasteiger partial charge in [0.05, 0.1) is 19.7 Å². The molecule has 3 aromatic rings. The Balaban J connectivity index is 1.89. The highest BCUT2D eigenvalue weighted by Gasteiger charge is 2.10. The minimum atomic E-state index is 0.585. The molecular formula is C17H17N3O2. The van der Waals surface area contributed by atoms with Gasteiger partial charge < -0.3 is 14.8 Å². The lowest BCUT2D eigenvalue weighted by atomic mass is 10.1. The third kappa shape index (κ3) is 2.65. The molecular weight excluding hydrogens is 278 g/mol. The van der Waals surface area contributed by atoms with E-state index in [0.29, 0.717) is 12.3 Å². The summed E-state index contributed by atoms with van der Waals surface area (Å²) in [5, 5.41) is 4.34. The summed E-state index contributed by atoms with van der Waals surface area (Å²) in [4.78, 5) is 8.59. The quantitative estimate of drug-likeness (QED) is 0.783. The number of aromatic nitrogens is 2. The van der Waals surface area contributed by atoms with Gasteiger partial charge in [0.2, 0.25) is 0 Å². The number of ether oxygens (including phenoxy) is 2. The topological polar surface area (TPSA) is 56.3 Å². The van der Waals surface area contributed by atoms with Crippen molar-refractivity contribution >= 4 is 16.7 Å². The first-order chi connectivity index (χ1) is 10.8. The molecule has 22 heavy (non-hydrogen) atoms. The first-order valence-corrected chi connectivity index (χ1v) is 6.97. The number of hydrogen-bond acceptors (Lipinski definition) is 5. The van der Waals surface area contributed by atoms with Gasteiger partial charge in [-0.25, -0.2) is 9.97 Å². The van der Waals surface area contributed by atoms with E-state index in [2.05, 4.69) is 15.3 Å². The first-order valence-electron chi connectivity index (χ1n) is 6.97. The van der Waals surface area contributed by atoms with E-state index in [1.165, 1.54) is 0 Å². The number of rotatable bonds is 5. The van der Waals surface area contributed by atoms with E-state index in [9.17, 15) is 0 Å². The molecule has 0 fully saturated rings. The van der Waals surface area contributed by atoms with Crippen LogP contribution in [0.25, 0.3) is 10.9 Å². The van der Waals surface area contributed by atoms with Crippen molar-refractivity contribution in [3.8, 4) is 11.5 Å². The summed E-state index contributed by atoms with van der Waals surface area (Å²) in [5.41, 5.74) is 1.92. The van der Waals surface area contributed by atoms with Gasteiger partial charge in [-0.15, -0.1) is 0 Å². The second kappa shape index (κ2) is 6.30. The van der Waals surface area contributed by atoms with Gasteiger partial charge in [-0.05, 0) is 18.2 Å². The number of benzene rings is 2. The monoisotopic (exact) mass is 295 g/mol. The molecule has 0 atom stereocenters.